The van der Waals surface area contributed by atoms with Crippen LogP contribution in [0.3, 0.4) is 0 Å². The average Bonchev–Trinajstić information content (AvgIpc) is 2.43. The molecule has 0 spiro atoms. The second-order valence-electron chi connectivity index (χ2n) is 4.43. The molecular formula is C10H20N2O. The summed E-state index contributed by atoms with van der Waals surface area (Å²) in [5.74, 6) is 0. The number of nitrogens with one attached hydrogen (secondary N) is 1. The lowest BCUT2D eigenvalue weighted by atomic mass is 9.92. The zero-order valence-electron chi connectivity index (χ0n) is 8.37. The highest BCUT2D eigenvalue weighted by atomic mass is 16.3. The minimum absolute atomic E-state index is 0.308. The predicted molar refractivity (Wildman–Crippen MR) is 52.4 cm³/mol. The fraction of sp³-hybridized carbons (Fsp3) is 1.00. The Hall–Kier alpha value is -0.120. The highest BCUT2D eigenvalue weighted by molar-refractivity contribution is 4.86. The van der Waals surface area contributed by atoms with Gasteiger partial charge in [0.25, 0.3) is 0 Å². The summed E-state index contributed by atoms with van der Waals surface area (Å²) in [7, 11) is 2.10. The van der Waals surface area contributed by atoms with E-state index in [4.69, 9.17) is 0 Å². The number of aliphatic hydroxyl groups is 1. The van der Waals surface area contributed by atoms with Crippen LogP contribution < -0.4 is 5.32 Å². The first-order valence-corrected chi connectivity index (χ1v) is 5.42. The molecule has 2 aliphatic rings. The maximum atomic E-state index is 9.90. The summed E-state index contributed by atoms with van der Waals surface area (Å²) in [6.45, 7) is 1.13. The summed E-state index contributed by atoms with van der Waals surface area (Å²) in [6.07, 6.45) is 5.87. The monoisotopic (exact) mass is 184 g/mol. The average molecular weight is 184 g/mol. The quantitative estimate of drug-likeness (QED) is 0.628. The van der Waals surface area contributed by atoms with E-state index in [1.807, 2.05) is 0 Å². The van der Waals surface area contributed by atoms with E-state index in [-0.39, 0.29) is 6.23 Å². The predicted octanol–water partition coefficient (Wildman–Crippen LogP) is 0.541. The minimum Gasteiger partial charge on any atom is -0.377 e. The molecule has 2 unspecified atom stereocenters. The standard InChI is InChI=1S/C10H20N2O/c1-12-7-3-6-9(12)10(13)11-8-4-2-5-8/h8-11,13H,2-7H2,1H3. The Labute approximate surface area is 80.1 Å². The zero-order valence-corrected chi connectivity index (χ0v) is 8.37. The van der Waals surface area contributed by atoms with Crippen LogP contribution in [-0.2, 0) is 0 Å². The molecule has 1 heterocycles. The number of rotatable bonds is 3. The summed E-state index contributed by atoms with van der Waals surface area (Å²) >= 11 is 0. The second kappa shape index (κ2) is 3.95. The molecule has 1 saturated heterocycles. The van der Waals surface area contributed by atoms with Crippen LogP contribution in [0.5, 0.6) is 0 Å². The van der Waals surface area contributed by atoms with Gasteiger partial charge in [0, 0.05) is 12.1 Å². The van der Waals surface area contributed by atoms with E-state index in [0.29, 0.717) is 12.1 Å². The third kappa shape index (κ3) is 2.03. The molecule has 76 valence electrons. The number of likely N-dealkylation sites (N-methyl/N-ethyl adjacent to an activating group) is 1. The van der Waals surface area contributed by atoms with Crippen molar-refractivity contribution in [2.75, 3.05) is 13.6 Å². The second-order valence-corrected chi connectivity index (χ2v) is 4.43. The van der Waals surface area contributed by atoms with E-state index in [2.05, 4.69) is 17.3 Å². The Morgan fingerprint density at radius 2 is 2.08 bits per heavy atom. The lowest BCUT2D eigenvalue weighted by molar-refractivity contribution is 0.0376. The normalized spacial score (nSPS) is 33.2. The maximum absolute atomic E-state index is 9.90. The van der Waals surface area contributed by atoms with Gasteiger partial charge in [0.1, 0.15) is 6.23 Å². The molecule has 0 radical (unpaired) electrons. The van der Waals surface area contributed by atoms with Gasteiger partial charge in [-0.25, -0.2) is 0 Å². The molecule has 2 fully saturated rings. The van der Waals surface area contributed by atoms with Crippen LogP contribution in [0.25, 0.3) is 0 Å². The summed E-state index contributed by atoms with van der Waals surface area (Å²) in [4.78, 5) is 2.26. The number of likely N-dealkylation sites (tertiary alicyclic amines) is 1. The fourth-order valence-electron chi connectivity index (χ4n) is 2.26. The highest BCUT2D eigenvalue weighted by Gasteiger charge is 2.30. The molecule has 0 bridgehead atoms. The van der Waals surface area contributed by atoms with Crippen molar-refractivity contribution in [2.24, 2.45) is 0 Å². The summed E-state index contributed by atoms with van der Waals surface area (Å²) < 4.78 is 0. The molecule has 2 atom stereocenters. The maximum Gasteiger partial charge on any atom is 0.120 e. The van der Waals surface area contributed by atoms with Gasteiger partial charge in [0.15, 0.2) is 0 Å². The van der Waals surface area contributed by atoms with Crippen molar-refractivity contribution in [2.45, 2.75) is 50.4 Å². The van der Waals surface area contributed by atoms with Crippen LogP contribution in [0.4, 0.5) is 0 Å². The first-order valence-electron chi connectivity index (χ1n) is 5.42. The van der Waals surface area contributed by atoms with E-state index >= 15 is 0 Å². The van der Waals surface area contributed by atoms with Gasteiger partial charge < -0.3 is 5.11 Å². The Kier molecular flexibility index (Phi) is 2.86. The largest absolute Gasteiger partial charge is 0.377 e. The van der Waals surface area contributed by atoms with Gasteiger partial charge in [-0.05, 0) is 39.3 Å². The molecule has 1 saturated carbocycles. The summed E-state index contributed by atoms with van der Waals surface area (Å²) in [5.41, 5.74) is 0. The molecule has 0 aromatic carbocycles. The van der Waals surface area contributed by atoms with Crippen LogP contribution in [-0.4, -0.2) is 41.9 Å². The molecule has 0 aromatic heterocycles. The molecule has 0 aromatic rings. The lowest BCUT2D eigenvalue weighted by Crippen LogP contribution is -2.51. The van der Waals surface area contributed by atoms with E-state index in [9.17, 15) is 5.11 Å². The van der Waals surface area contributed by atoms with E-state index in [1.54, 1.807) is 0 Å². The van der Waals surface area contributed by atoms with E-state index in [0.717, 1.165) is 13.0 Å². The molecule has 1 aliphatic heterocycles. The van der Waals surface area contributed by atoms with Crippen LogP contribution >= 0.6 is 0 Å². The van der Waals surface area contributed by atoms with Gasteiger partial charge in [-0.3, -0.25) is 10.2 Å². The van der Waals surface area contributed by atoms with Crippen LogP contribution in [0, 0.1) is 0 Å². The molecule has 3 nitrogen and oxygen atoms in total. The highest BCUT2D eigenvalue weighted by Crippen LogP contribution is 2.22. The Balaban J connectivity index is 1.77. The van der Waals surface area contributed by atoms with Crippen LogP contribution in [0.15, 0.2) is 0 Å². The van der Waals surface area contributed by atoms with Crippen molar-refractivity contribution in [3.05, 3.63) is 0 Å². The first kappa shape index (κ1) is 9.44. The van der Waals surface area contributed by atoms with Gasteiger partial charge in [0.05, 0.1) is 0 Å². The van der Waals surface area contributed by atoms with Gasteiger partial charge in [-0.15, -0.1) is 0 Å². The van der Waals surface area contributed by atoms with Crippen molar-refractivity contribution >= 4 is 0 Å². The number of hydrogen-bond acceptors (Lipinski definition) is 3. The van der Waals surface area contributed by atoms with Crippen LogP contribution in [0.1, 0.15) is 32.1 Å². The minimum atomic E-state index is -0.308. The molecule has 2 rings (SSSR count). The Morgan fingerprint density at radius 1 is 1.31 bits per heavy atom. The van der Waals surface area contributed by atoms with Crippen molar-refractivity contribution in [1.29, 1.82) is 0 Å². The SMILES string of the molecule is CN1CCCC1C(O)NC1CCC1. The fourth-order valence-corrected chi connectivity index (χ4v) is 2.26. The Morgan fingerprint density at radius 3 is 2.54 bits per heavy atom. The molecule has 0 amide bonds. The van der Waals surface area contributed by atoms with Crippen molar-refractivity contribution in [1.82, 2.24) is 10.2 Å². The lowest BCUT2D eigenvalue weighted by Gasteiger charge is -2.33. The number of nitrogens with zero attached hydrogens (tertiary/aromatic N) is 1. The molecular weight excluding hydrogens is 164 g/mol. The molecule has 3 heteroatoms. The smallest absolute Gasteiger partial charge is 0.120 e. The summed E-state index contributed by atoms with van der Waals surface area (Å²) in [5, 5.41) is 13.2. The Bertz CT molecular complexity index is 170. The third-order valence-corrected chi connectivity index (χ3v) is 3.45. The van der Waals surface area contributed by atoms with Gasteiger partial charge in [-0.2, -0.15) is 0 Å². The van der Waals surface area contributed by atoms with Gasteiger partial charge in [0.2, 0.25) is 0 Å². The number of hydrogen-bond donors (Lipinski definition) is 2. The number of aliphatic hydroxyl groups excluding tert-OH is 1. The molecule has 1 aliphatic carbocycles. The van der Waals surface area contributed by atoms with Crippen molar-refractivity contribution < 1.29 is 5.11 Å². The topological polar surface area (TPSA) is 35.5 Å². The summed E-state index contributed by atoms with van der Waals surface area (Å²) in [6, 6.07) is 0.935. The van der Waals surface area contributed by atoms with E-state index < -0.39 is 0 Å². The van der Waals surface area contributed by atoms with Crippen LogP contribution in [0.2, 0.25) is 0 Å². The molecule has 13 heavy (non-hydrogen) atoms. The third-order valence-electron chi connectivity index (χ3n) is 3.45. The van der Waals surface area contributed by atoms with Crippen molar-refractivity contribution in [3.8, 4) is 0 Å². The van der Waals surface area contributed by atoms with Gasteiger partial charge >= 0.3 is 0 Å². The van der Waals surface area contributed by atoms with E-state index in [1.165, 1.54) is 25.7 Å². The van der Waals surface area contributed by atoms with Gasteiger partial charge in [-0.1, -0.05) is 6.42 Å². The first-order chi connectivity index (χ1) is 6.27. The van der Waals surface area contributed by atoms with Crippen molar-refractivity contribution in [3.63, 3.8) is 0 Å². The molecule has 2 N–H and O–H groups in total. The zero-order chi connectivity index (χ0) is 9.26.